The minimum atomic E-state index is -3.13. The Labute approximate surface area is 182 Å². The van der Waals surface area contributed by atoms with Crippen LogP contribution in [0.1, 0.15) is 39.2 Å². The molecule has 1 aliphatic carbocycles. The fraction of sp³-hybridized carbons (Fsp3) is 0.611. The number of nitrogens with zero attached hydrogens (tertiary/aromatic N) is 1. The first-order valence-corrected chi connectivity index (χ1v) is 11.0. The molecule has 1 saturated carbocycles. The van der Waals surface area contributed by atoms with Gasteiger partial charge in [0.1, 0.15) is 0 Å². The second-order valence-electron chi connectivity index (χ2n) is 7.54. The van der Waals surface area contributed by atoms with E-state index in [2.05, 4.69) is 49.8 Å². The molecule has 148 valence electrons. The lowest BCUT2D eigenvalue weighted by Gasteiger charge is -2.21. The average Bonchev–Trinajstić information content (AvgIpc) is 3.31. The normalized spacial score (nSPS) is 16.6. The van der Waals surface area contributed by atoms with Crippen LogP contribution in [0.2, 0.25) is 0 Å². The molecule has 1 fully saturated rings. The number of nitrogens with one attached hydrogen (secondary N) is 2. The standard InChI is InChI=1S/C18H28BrN3O2S.HI/c1-17(2,3)25(23,24)12-11-21-16(20-4)22-13-18(9-10-18)14-7-5-6-8-15(14)19;/h5-8H,9-13H2,1-4H3,(H2,20,21,22);1H. The Balaban J connectivity index is 0.00000338. The van der Waals surface area contributed by atoms with Crippen LogP contribution < -0.4 is 10.6 Å². The highest BCUT2D eigenvalue weighted by atomic mass is 127. The zero-order chi connectivity index (χ0) is 18.7. The quantitative estimate of drug-likeness (QED) is 0.319. The van der Waals surface area contributed by atoms with E-state index in [1.165, 1.54) is 5.56 Å². The van der Waals surface area contributed by atoms with Gasteiger partial charge in [-0.3, -0.25) is 4.99 Å². The van der Waals surface area contributed by atoms with Gasteiger partial charge in [-0.25, -0.2) is 8.42 Å². The molecule has 2 N–H and O–H groups in total. The fourth-order valence-electron chi connectivity index (χ4n) is 2.67. The molecule has 2 rings (SSSR count). The van der Waals surface area contributed by atoms with Gasteiger partial charge in [-0.15, -0.1) is 24.0 Å². The summed E-state index contributed by atoms with van der Waals surface area (Å²) in [5.74, 6) is 0.731. The second-order valence-corrected chi connectivity index (χ2v) is 11.3. The van der Waals surface area contributed by atoms with Gasteiger partial charge in [0, 0.05) is 30.0 Å². The molecule has 0 saturated heterocycles. The van der Waals surface area contributed by atoms with Crippen LogP contribution in [0.25, 0.3) is 0 Å². The maximum absolute atomic E-state index is 12.2. The maximum atomic E-state index is 12.2. The molecule has 0 amide bonds. The predicted octanol–water partition coefficient (Wildman–Crippen LogP) is 3.48. The zero-order valence-electron chi connectivity index (χ0n) is 15.8. The Kier molecular flexibility index (Phi) is 8.41. The third-order valence-corrected chi connectivity index (χ3v) is 8.01. The average molecular weight is 558 g/mol. The summed E-state index contributed by atoms with van der Waals surface area (Å²) in [6.07, 6.45) is 2.27. The van der Waals surface area contributed by atoms with Gasteiger partial charge in [-0.1, -0.05) is 34.1 Å². The van der Waals surface area contributed by atoms with Crippen LogP contribution in [-0.4, -0.2) is 45.0 Å². The molecule has 0 unspecified atom stereocenters. The summed E-state index contributed by atoms with van der Waals surface area (Å²) in [5, 5.41) is 6.46. The monoisotopic (exact) mass is 557 g/mol. The third kappa shape index (κ3) is 5.82. The van der Waals surface area contributed by atoms with Crippen molar-refractivity contribution in [3.63, 3.8) is 0 Å². The SMILES string of the molecule is CN=C(NCCS(=O)(=O)C(C)(C)C)NCC1(c2ccccc2Br)CC1.I. The summed E-state index contributed by atoms with van der Waals surface area (Å²) >= 11 is 3.64. The number of hydrogen-bond acceptors (Lipinski definition) is 3. The minimum absolute atomic E-state index is 0. The minimum Gasteiger partial charge on any atom is -0.356 e. The molecule has 1 aliphatic rings. The molecule has 0 bridgehead atoms. The van der Waals surface area contributed by atoms with E-state index in [1.54, 1.807) is 27.8 Å². The molecule has 0 spiro atoms. The second kappa shape index (κ2) is 9.23. The third-order valence-electron chi connectivity index (χ3n) is 4.71. The van der Waals surface area contributed by atoms with Crippen LogP contribution >= 0.6 is 39.9 Å². The number of hydrogen-bond donors (Lipinski definition) is 2. The summed E-state index contributed by atoms with van der Waals surface area (Å²) in [6, 6.07) is 8.31. The molecule has 26 heavy (non-hydrogen) atoms. The van der Waals surface area contributed by atoms with E-state index >= 15 is 0 Å². The zero-order valence-corrected chi connectivity index (χ0v) is 20.5. The van der Waals surface area contributed by atoms with Crippen LogP contribution in [0, 0.1) is 0 Å². The van der Waals surface area contributed by atoms with Gasteiger partial charge in [0.15, 0.2) is 15.8 Å². The van der Waals surface area contributed by atoms with E-state index in [9.17, 15) is 8.42 Å². The van der Waals surface area contributed by atoms with E-state index in [0.29, 0.717) is 12.5 Å². The molecular weight excluding hydrogens is 529 g/mol. The van der Waals surface area contributed by atoms with Gasteiger partial charge in [0.05, 0.1) is 10.5 Å². The van der Waals surface area contributed by atoms with Gasteiger partial charge in [-0.05, 0) is 45.2 Å². The van der Waals surface area contributed by atoms with Crippen molar-refractivity contribution >= 4 is 55.7 Å². The van der Waals surface area contributed by atoms with E-state index in [0.717, 1.165) is 23.9 Å². The van der Waals surface area contributed by atoms with Gasteiger partial charge in [0.25, 0.3) is 0 Å². The van der Waals surface area contributed by atoms with Gasteiger partial charge in [-0.2, -0.15) is 0 Å². The Morgan fingerprint density at radius 1 is 1.23 bits per heavy atom. The Morgan fingerprint density at radius 2 is 1.85 bits per heavy atom. The topological polar surface area (TPSA) is 70.6 Å². The number of guanidine groups is 1. The molecule has 5 nitrogen and oxygen atoms in total. The van der Waals surface area contributed by atoms with E-state index in [1.807, 2.05) is 6.07 Å². The Hall–Kier alpha value is -0.350. The summed E-state index contributed by atoms with van der Waals surface area (Å²) in [5.41, 5.74) is 1.45. The molecule has 1 aromatic carbocycles. The van der Waals surface area contributed by atoms with Crippen molar-refractivity contribution in [2.75, 3.05) is 25.9 Å². The van der Waals surface area contributed by atoms with E-state index < -0.39 is 14.6 Å². The summed E-state index contributed by atoms with van der Waals surface area (Å²) in [7, 11) is -1.43. The number of halogens is 2. The Morgan fingerprint density at radius 3 is 2.35 bits per heavy atom. The number of aliphatic imine (C=N–C) groups is 1. The van der Waals surface area contributed by atoms with E-state index in [4.69, 9.17) is 0 Å². The van der Waals surface area contributed by atoms with Gasteiger partial charge >= 0.3 is 0 Å². The lowest BCUT2D eigenvalue weighted by molar-refractivity contribution is 0.558. The van der Waals surface area contributed by atoms with Crippen molar-refractivity contribution in [3.05, 3.63) is 34.3 Å². The highest BCUT2D eigenvalue weighted by Gasteiger charge is 2.45. The van der Waals surface area contributed by atoms with Crippen LogP contribution in [0.3, 0.4) is 0 Å². The first kappa shape index (κ1) is 23.7. The van der Waals surface area contributed by atoms with Crippen molar-refractivity contribution in [2.45, 2.75) is 43.8 Å². The molecule has 0 radical (unpaired) electrons. The summed E-state index contributed by atoms with van der Waals surface area (Å²) in [6.45, 7) is 6.31. The van der Waals surface area contributed by atoms with Gasteiger partial charge in [0.2, 0.25) is 0 Å². The van der Waals surface area contributed by atoms with Crippen LogP contribution in [0.5, 0.6) is 0 Å². The molecule has 0 aliphatic heterocycles. The number of sulfone groups is 1. The Bertz CT molecular complexity index is 741. The number of benzene rings is 1. The molecule has 8 heteroatoms. The number of rotatable bonds is 6. The highest BCUT2D eigenvalue weighted by molar-refractivity contribution is 14.0. The fourth-order valence-corrected chi connectivity index (χ4v) is 4.36. The maximum Gasteiger partial charge on any atom is 0.191 e. The molecule has 0 aromatic heterocycles. The van der Waals surface area contributed by atoms with Crippen molar-refractivity contribution in [1.29, 1.82) is 0 Å². The predicted molar refractivity (Wildman–Crippen MR) is 123 cm³/mol. The molecule has 0 heterocycles. The first-order valence-electron chi connectivity index (χ1n) is 8.53. The van der Waals surface area contributed by atoms with Crippen LogP contribution in [0.4, 0.5) is 0 Å². The van der Waals surface area contributed by atoms with Crippen LogP contribution in [-0.2, 0) is 15.3 Å². The van der Waals surface area contributed by atoms with E-state index in [-0.39, 0.29) is 35.1 Å². The molecular formula is C18H29BrIN3O2S. The van der Waals surface area contributed by atoms with Crippen molar-refractivity contribution in [1.82, 2.24) is 10.6 Å². The summed E-state index contributed by atoms with van der Waals surface area (Å²) < 4.78 is 24.7. The largest absolute Gasteiger partial charge is 0.356 e. The van der Waals surface area contributed by atoms with Crippen molar-refractivity contribution in [2.24, 2.45) is 4.99 Å². The molecule has 0 atom stereocenters. The van der Waals surface area contributed by atoms with Crippen molar-refractivity contribution < 1.29 is 8.42 Å². The summed E-state index contributed by atoms with van der Waals surface area (Å²) in [4.78, 5) is 4.20. The smallest absolute Gasteiger partial charge is 0.191 e. The first-order chi connectivity index (χ1) is 11.6. The van der Waals surface area contributed by atoms with Crippen LogP contribution in [0.15, 0.2) is 33.7 Å². The highest BCUT2D eigenvalue weighted by Crippen LogP contribution is 2.49. The molecule has 1 aromatic rings. The van der Waals surface area contributed by atoms with Crippen molar-refractivity contribution in [3.8, 4) is 0 Å². The lowest BCUT2D eigenvalue weighted by Crippen LogP contribution is -2.44. The lowest BCUT2D eigenvalue weighted by atomic mass is 9.96. The van der Waals surface area contributed by atoms with Gasteiger partial charge < -0.3 is 10.6 Å².